The van der Waals surface area contributed by atoms with Gasteiger partial charge in [-0.15, -0.1) is 0 Å². The minimum absolute atomic E-state index is 0.436. The van der Waals surface area contributed by atoms with Crippen LogP contribution in [0, 0.1) is 11.3 Å². The fourth-order valence-electron chi connectivity index (χ4n) is 1.32. The van der Waals surface area contributed by atoms with Crippen molar-refractivity contribution in [3.63, 3.8) is 0 Å². The van der Waals surface area contributed by atoms with Crippen LogP contribution >= 0.6 is 0 Å². The van der Waals surface area contributed by atoms with E-state index in [9.17, 15) is 0 Å². The highest BCUT2D eigenvalue weighted by molar-refractivity contribution is 5.56. The second-order valence-electron chi connectivity index (χ2n) is 3.35. The average molecular weight is 225 g/mol. The number of hydrogen-bond donors (Lipinski definition) is 1. The van der Waals surface area contributed by atoms with Gasteiger partial charge in [0.15, 0.2) is 0 Å². The monoisotopic (exact) mass is 225 g/mol. The molecule has 0 saturated carbocycles. The SMILES string of the molecule is N#CCCNc1ncc(-c2ccccn2)cn1. The summed E-state index contributed by atoms with van der Waals surface area (Å²) in [6.07, 6.45) is 5.59. The lowest BCUT2D eigenvalue weighted by atomic mass is 10.2. The van der Waals surface area contributed by atoms with Crippen LogP contribution < -0.4 is 5.32 Å². The minimum atomic E-state index is 0.436. The highest BCUT2D eigenvalue weighted by Crippen LogP contribution is 2.14. The number of nitrogens with one attached hydrogen (secondary N) is 1. The molecule has 2 heterocycles. The fraction of sp³-hybridized carbons (Fsp3) is 0.167. The average Bonchev–Trinajstić information content (AvgIpc) is 2.41. The van der Waals surface area contributed by atoms with Crippen molar-refractivity contribution in [2.24, 2.45) is 0 Å². The summed E-state index contributed by atoms with van der Waals surface area (Å²) in [4.78, 5) is 12.5. The largest absolute Gasteiger partial charge is 0.353 e. The lowest BCUT2D eigenvalue weighted by Gasteiger charge is -2.03. The van der Waals surface area contributed by atoms with E-state index in [1.807, 2.05) is 24.3 Å². The van der Waals surface area contributed by atoms with Gasteiger partial charge in [0.05, 0.1) is 18.2 Å². The fourth-order valence-corrected chi connectivity index (χ4v) is 1.32. The van der Waals surface area contributed by atoms with Gasteiger partial charge in [-0.25, -0.2) is 9.97 Å². The smallest absolute Gasteiger partial charge is 0.222 e. The van der Waals surface area contributed by atoms with Gasteiger partial charge in [0, 0.05) is 30.7 Å². The molecule has 5 heteroatoms. The van der Waals surface area contributed by atoms with E-state index in [1.54, 1.807) is 18.6 Å². The molecule has 0 saturated heterocycles. The van der Waals surface area contributed by atoms with Gasteiger partial charge in [-0.3, -0.25) is 4.98 Å². The molecule has 0 aliphatic heterocycles. The third kappa shape index (κ3) is 2.98. The quantitative estimate of drug-likeness (QED) is 0.804. The van der Waals surface area contributed by atoms with Crippen LogP contribution in [-0.2, 0) is 0 Å². The highest BCUT2D eigenvalue weighted by atomic mass is 15.1. The maximum Gasteiger partial charge on any atom is 0.222 e. The number of hydrogen-bond acceptors (Lipinski definition) is 5. The molecule has 1 N–H and O–H groups in total. The number of rotatable bonds is 4. The molecule has 2 aromatic heterocycles. The molecule has 0 aliphatic rings. The Bertz CT molecular complexity index is 501. The van der Waals surface area contributed by atoms with E-state index in [1.165, 1.54) is 0 Å². The van der Waals surface area contributed by atoms with Crippen molar-refractivity contribution in [3.05, 3.63) is 36.8 Å². The van der Waals surface area contributed by atoms with Crippen molar-refractivity contribution in [1.82, 2.24) is 15.0 Å². The van der Waals surface area contributed by atoms with E-state index in [0.717, 1.165) is 11.3 Å². The van der Waals surface area contributed by atoms with Crippen LogP contribution in [0.4, 0.5) is 5.95 Å². The van der Waals surface area contributed by atoms with Crippen molar-refractivity contribution >= 4 is 5.95 Å². The van der Waals surface area contributed by atoms with E-state index in [-0.39, 0.29) is 0 Å². The third-order valence-corrected chi connectivity index (χ3v) is 2.13. The Labute approximate surface area is 99.2 Å². The molecular formula is C12H11N5. The zero-order chi connectivity index (χ0) is 11.9. The number of aromatic nitrogens is 3. The maximum atomic E-state index is 8.40. The van der Waals surface area contributed by atoms with Gasteiger partial charge in [0.2, 0.25) is 5.95 Å². The summed E-state index contributed by atoms with van der Waals surface area (Å²) in [7, 11) is 0. The van der Waals surface area contributed by atoms with E-state index in [2.05, 4.69) is 20.3 Å². The molecule has 0 amide bonds. The van der Waals surface area contributed by atoms with Crippen molar-refractivity contribution in [2.45, 2.75) is 6.42 Å². The van der Waals surface area contributed by atoms with Crippen molar-refractivity contribution in [1.29, 1.82) is 5.26 Å². The Morgan fingerprint density at radius 2 is 2.00 bits per heavy atom. The molecule has 0 aromatic carbocycles. The van der Waals surface area contributed by atoms with Crippen LogP contribution in [0.5, 0.6) is 0 Å². The van der Waals surface area contributed by atoms with Crippen molar-refractivity contribution < 1.29 is 0 Å². The molecule has 84 valence electrons. The maximum absolute atomic E-state index is 8.40. The van der Waals surface area contributed by atoms with Crippen LogP contribution in [0.15, 0.2) is 36.8 Å². The van der Waals surface area contributed by atoms with E-state index < -0.39 is 0 Å². The highest BCUT2D eigenvalue weighted by Gasteiger charge is 2.00. The molecule has 0 bridgehead atoms. The molecule has 2 rings (SSSR count). The molecule has 0 spiro atoms. The normalized spacial score (nSPS) is 9.59. The first kappa shape index (κ1) is 11.0. The first-order valence-electron chi connectivity index (χ1n) is 5.24. The summed E-state index contributed by atoms with van der Waals surface area (Å²) in [6.45, 7) is 0.555. The number of pyridine rings is 1. The standard InChI is InChI=1S/C12H11N5/c13-5-3-7-15-12-16-8-10(9-17-12)11-4-1-2-6-14-11/h1-2,4,6,8-9H,3,7H2,(H,15,16,17). The van der Waals surface area contributed by atoms with Crippen molar-refractivity contribution in [3.8, 4) is 17.3 Å². The lowest BCUT2D eigenvalue weighted by molar-refractivity contribution is 1.02. The van der Waals surface area contributed by atoms with E-state index in [0.29, 0.717) is 18.9 Å². The Morgan fingerprint density at radius 3 is 2.65 bits per heavy atom. The third-order valence-electron chi connectivity index (χ3n) is 2.13. The van der Waals surface area contributed by atoms with Crippen LogP contribution in [0.25, 0.3) is 11.3 Å². The summed E-state index contributed by atoms with van der Waals surface area (Å²) < 4.78 is 0. The summed E-state index contributed by atoms with van der Waals surface area (Å²) in [5.41, 5.74) is 1.72. The molecule has 0 aliphatic carbocycles. The van der Waals surface area contributed by atoms with Crippen molar-refractivity contribution in [2.75, 3.05) is 11.9 Å². The van der Waals surface area contributed by atoms with E-state index in [4.69, 9.17) is 5.26 Å². The number of anilines is 1. The topological polar surface area (TPSA) is 74.5 Å². The zero-order valence-electron chi connectivity index (χ0n) is 9.17. The first-order chi connectivity index (χ1) is 8.40. The minimum Gasteiger partial charge on any atom is -0.353 e. The molecule has 0 unspecified atom stereocenters. The predicted molar refractivity (Wildman–Crippen MR) is 64.0 cm³/mol. The molecule has 0 fully saturated rings. The predicted octanol–water partition coefficient (Wildman–Crippen LogP) is 1.86. The van der Waals surface area contributed by atoms with Gasteiger partial charge in [-0.1, -0.05) is 6.07 Å². The first-order valence-corrected chi connectivity index (χ1v) is 5.24. The Morgan fingerprint density at radius 1 is 1.18 bits per heavy atom. The lowest BCUT2D eigenvalue weighted by Crippen LogP contribution is -2.04. The second kappa shape index (κ2) is 5.56. The molecular weight excluding hydrogens is 214 g/mol. The Balaban J connectivity index is 2.06. The Kier molecular flexibility index (Phi) is 3.61. The second-order valence-corrected chi connectivity index (χ2v) is 3.35. The van der Waals surface area contributed by atoms with Crippen LogP contribution in [0.2, 0.25) is 0 Å². The summed E-state index contributed by atoms with van der Waals surface area (Å²) in [5, 5.41) is 11.4. The molecule has 5 nitrogen and oxygen atoms in total. The van der Waals surface area contributed by atoms with Gasteiger partial charge in [-0.05, 0) is 12.1 Å². The number of nitriles is 1. The molecule has 0 atom stereocenters. The van der Waals surface area contributed by atoms with Gasteiger partial charge >= 0.3 is 0 Å². The molecule has 17 heavy (non-hydrogen) atoms. The van der Waals surface area contributed by atoms with Gasteiger partial charge in [0.25, 0.3) is 0 Å². The van der Waals surface area contributed by atoms with Crippen LogP contribution in [-0.4, -0.2) is 21.5 Å². The summed E-state index contributed by atoms with van der Waals surface area (Å²) in [5.74, 6) is 0.528. The molecule has 2 aromatic rings. The van der Waals surface area contributed by atoms with E-state index >= 15 is 0 Å². The Hall–Kier alpha value is -2.48. The number of nitrogens with zero attached hydrogens (tertiary/aromatic N) is 4. The summed E-state index contributed by atoms with van der Waals surface area (Å²) in [6, 6.07) is 7.73. The zero-order valence-corrected chi connectivity index (χ0v) is 9.17. The molecule has 0 radical (unpaired) electrons. The van der Waals surface area contributed by atoms with Gasteiger partial charge in [0.1, 0.15) is 0 Å². The van der Waals surface area contributed by atoms with Gasteiger partial charge < -0.3 is 5.32 Å². The summed E-state index contributed by atoms with van der Waals surface area (Å²) >= 11 is 0. The van der Waals surface area contributed by atoms with Crippen LogP contribution in [0.3, 0.4) is 0 Å². The van der Waals surface area contributed by atoms with Gasteiger partial charge in [-0.2, -0.15) is 5.26 Å². The van der Waals surface area contributed by atoms with Crippen LogP contribution in [0.1, 0.15) is 6.42 Å².